The van der Waals surface area contributed by atoms with Gasteiger partial charge in [0, 0.05) is 32.7 Å². The Morgan fingerprint density at radius 1 is 1.10 bits per heavy atom. The maximum atomic E-state index is 12.4. The number of amides is 2. The summed E-state index contributed by atoms with van der Waals surface area (Å²) in [6.45, 7) is 5.07. The summed E-state index contributed by atoms with van der Waals surface area (Å²) in [7, 11) is 0. The maximum absolute atomic E-state index is 12.4. The van der Waals surface area contributed by atoms with Crippen LogP contribution in [0.1, 0.15) is 25.7 Å². The van der Waals surface area contributed by atoms with E-state index in [9.17, 15) is 9.59 Å². The molecule has 2 aliphatic heterocycles. The zero-order valence-electron chi connectivity index (χ0n) is 12.4. The third kappa shape index (κ3) is 5.17. The number of hydrogen-bond donors (Lipinski definition) is 2. The summed E-state index contributed by atoms with van der Waals surface area (Å²) in [6.07, 6.45) is 2.70. The third-order valence-corrected chi connectivity index (χ3v) is 3.99. The minimum absolute atomic E-state index is 0.0416. The van der Waals surface area contributed by atoms with Crippen LogP contribution in [0.5, 0.6) is 0 Å². The number of ether oxygens (including phenoxy) is 1. The first-order chi connectivity index (χ1) is 10.2. The molecule has 0 aliphatic carbocycles. The second-order valence-corrected chi connectivity index (χ2v) is 5.57. The number of nitrogens with one attached hydrogen (secondary N) is 1. The summed E-state index contributed by atoms with van der Waals surface area (Å²) < 4.78 is 5.54. The van der Waals surface area contributed by atoms with E-state index in [0.717, 1.165) is 45.4 Å². The highest BCUT2D eigenvalue weighted by atomic mass is 16.5. The molecule has 0 aromatic heterocycles. The predicted octanol–water partition coefficient (Wildman–Crippen LogP) is 0.357. The summed E-state index contributed by atoms with van der Waals surface area (Å²) in [5, 5.41) is 11.9. The number of likely N-dealkylation sites (tertiary alicyclic amines) is 1. The van der Waals surface area contributed by atoms with E-state index in [4.69, 9.17) is 9.84 Å². The van der Waals surface area contributed by atoms with Crippen LogP contribution in [-0.4, -0.2) is 78.9 Å². The van der Waals surface area contributed by atoms with E-state index in [0.29, 0.717) is 13.1 Å². The van der Waals surface area contributed by atoms with Crippen LogP contribution in [0.3, 0.4) is 0 Å². The first-order valence-corrected chi connectivity index (χ1v) is 7.75. The number of carboxylic acid groups (broad SMARTS) is 1. The van der Waals surface area contributed by atoms with Gasteiger partial charge in [-0.2, -0.15) is 0 Å². The molecule has 0 spiro atoms. The molecule has 7 heteroatoms. The molecule has 2 saturated heterocycles. The molecule has 2 heterocycles. The number of piperidine rings is 1. The molecule has 21 heavy (non-hydrogen) atoms. The molecule has 0 aromatic carbocycles. The number of urea groups is 1. The van der Waals surface area contributed by atoms with Crippen molar-refractivity contribution < 1.29 is 19.4 Å². The van der Waals surface area contributed by atoms with Crippen molar-refractivity contribution in [2.24, 2.45) is 0 Å². The predicted molar refractivity (Wildman–Crippen MR) is 77.3 cm³/mol. The van der Waals surface area contributed by atoms with Crippen LogP contribution in [-0.2, 0) is 9.53 Å². The average molecular weight is 299 g/mol. The van der Waals surface area contributed by atoms with E-state index < -0.39 is 5.97 Å². The number of carbonyl (C=O) groups excluding carboxylic acids is 1. The first kappa shape index (κ1) is 16.0. The van der Waals surface area contributed by atoms with Gasteiger partial charge in [0.2, 0.25) is 0 Å². The maximum Gasteiger partial charge on any atom is 0.320 e. The van der Waals surface area contributed by atoms with Crippen molar-refractivity contribution in [2.75, 3.05) is 45.9 Å². The molecular formula is C14H25N3O4. The molecule has 2 aliphatic rings. The lowest BCUT2D eigenvalue weighted by molar-refractivity contribution is -0.138. The van der Waals surface area contributed by atoms with Crippen molar-refractivity contribution in [3.8, 4) is 0 Å². The van der Waals surface area contributed by atoms with Gasteiger partial charge in [-0.1, -0.05) is 0 Å². The van der Waals surface area contributed by atoms with E-state index in [1.807, 2.05) is 9.80 Å². The van der Waals surface area contributed by atoms with Crippen molar-refractivity contribution in [2.45, 2.75) is 31.8 Å². The fraction of sp³-hybridized carbons (Fsp3) is 0.857. The Hall–Kier alpha value is -1.34. The van der Waals surface area contributed by atoms with Gasteiger partial charge in [-0.15, -0.1) is 0 Å². The number of hydrogen-bond acceptors (Lipinski definition) is 4. The van der Waals surface area contributed by atoms with Gasteiger partial charge in [0.05, 0.1) is 19.1 Å². The Bertz CT molecular complexity index is 348. The monoisotopic (exact) mass is 299 g/mol. The second kappa shape index (κ2) is 8.19. The van der Waals surface area contributed by atoms with Gasteiger partial charge in [0.15, 0.2) is 0 Å². The van der Waals surface area contributed by atoms with Crippen LogP contribution in [0.2, 0.25) is 0 Å². The summed E-state index contributed by atoms with van der Waals surface area (Å²) in [5.41, 5.74) is 0. The first-order valence-electron chi connectivity index (χ1n) is 7.75. The van der Waals surface area contributed by atoms with Crippen LogP contribution in [0, 0.1) is 0 Å². The highest BCUT2D eigenvalue weighted by molar-refractivity contribution is 5.74. The Balaban J connectivity index is 1.70. The fourth-order valence-corrected chi connectivity index (χ4v) is 2.76. The molecule has 120 valence electrons. The van der Waals surface area contributed by atoms with Crippen LogP contribution in [0.25, 0.3) is 0 Å². The van der Waals surface area contributed by atoms with E-state index in [2.05, 4.69) is 5.32 Å². The fourth-order valence-electron chi connectivity index (χ4n) is 2.76. The Morgan fingerprint density at radius 3 is 2.52 bits per heavy atom. The molecule has 7 nitrogen and oxygen atoms in total. The number of carbonyl (C=O) groups is 2. The third-order valence-electron chi connectivity index (χ3n) is 3.99. The van der Waals surface area contributed by atoms with Gasteiger partial charge in [0.25, 0.3) is 0 Å². The highest BCUT2D eigenvalue weighted by Crippen LogP contribution is 2.16. The minimum atomic E-state index is -0.836. The molecule has 2 N–H and O–H groups in total. The number of nitrogens with zero attached hydrogens (tertiary/aromatic N) is 2. The Labute approximate surface area is 125 Å². The minimum Gasteiger partial charge on any atom is -0.481 e. The zero-order valence-corrected chi connectivity index (χ0v) is 12.4. The summed E-state index contributed by atoms with van der Waals surface area (Å²) in [5.74, 6) is -0.836. The molecule has 2 fully saturated rings. The molecule has 0 radical (unpaired) electrons. The molecule has 0 unspecified atom stereocenters. The van der Waals surface area contributed by atoms with E-state index in [1.54, 1.807) is 0 Å². The smallest absolute Gasteiger partial charge is 0.320 e. The normalized spacial score (nSPS) is 21.1. The second-order valence-electron chi connectivity index (χ2n) is 5.57. The van der Waals surface area contributed by atoms with Crippen molar-refractivity contribution in [3.05, 3.63) is 0 Å². The Kier molecular flexibility index (Phi) is 6.25. The largest absolute Gasteiger partial charge is 0.481 e. The van der Waals surface area contributed by atoms with Gasteiger partial charge >= 0.3 is 12.0 Å². The van der Waals surface area contributed by atoms with Crippen LogP contribution >= 0.6 is 0 Å². The van der Waals surface area contributed by atoms with Crippen molar-refractivity contribution in [3.63, 3.8) is 0 Å². The molecular weight excluding hydrogens is 274 g/mol. The highest BCUT2D eigenvalue weighted by Gasteiger charge is 2.26. The molecule has 2 rings (SSSR count). The van der Waals surface area contributed by atoms with Gasteiger partial charge in [-0.3, -0.25) is 4.79 Å². The van der Waals surface area contributed by atoms with E-state index in [-0.39, 0.29) is 25.2 Å². The lowest BCUT2D eigenvalue weighted by Crippen LogP contribution is -2.48. The molecule has 0 bridgehead atoms. The van der Waals surface area contributed by atoms with Gasteiger partial charge in [-0.25, -0.2) is 4.79 Å². The molecule has 0 saturated carbocycles. The quantitative estimate of drug-likeness (QED) is 0.783. The number of aliphatic carboxylic acids is 1. The lowest BCUT2D eigenvalue weighted by Gasteiger charge is -2.35. The SMILES string of the molecule is O=C(O)CCOC1CCN(C(=O)N2CCCNCC2)CC1. The van der Waals surface area contributed by atoms with Crippen molar-refractivity contribution in [1.82, 2.24) is 15.1 Å². The molecule has 0 aromatic rings. The van der Waals surface area contributed by atoms with Gasteiger partial charge < -0.3 is 25.0 Å². The zero-order chi connectivity index (χ0) is 15.1. The summed E-state index contributed by atoms with van der Waals surface area (Å²) in [4.78, 5) is 26.7. The topological polar surface area (TPSA) is 82.1 Å². The van der Waals surface area contributed by atoms with E-state index in [1.165, 1.54) is 0 Å². The summed E-state index contributed by atoms with van der Waals surface area (Å²) >= 11 is 0. The standard InChI is InChI=1S/C14H25N3O4/c18-13(19)4-11-21-12-2-8-17(9-3-12)14(20)16-7-1-5-15-6-10-16/h12,15H,1-11H2,(H,18,19). The Morgan fingerprint density at radius 2 is 1.81 bits per heavy atom. The van der Waals surface area contributed by atoms with Crippen LogP contribution in [0.4, 0.5) is 4.79 Å². The van der Waals surface area contributed by atoms with Gasteiger partial charge in [-0.05, 0) is 25.8 Å². The van der Waals surface area contributed by atoms with Gasteiger partial charge in [0.1, 0.15) is 0 Å². The van der Waals surface area contributed by atoms with Crippen molar-refractivity contribution >= 4 is 12.0 Å². The lowest BCUT2D eigenvalue weighted by atomic mass is 10.1. The van der Waals surface area contributed by atoms with Crippen molar-refractivity contribution in [1.29, 1.82) is 0 Å². The number of rotatable bonds is 4. The summed E-state index contributed by atoms with van der Waals surface area (Å²) in [6, 6.07) is 0.127. The van der Waals surface area contributed by atoms with Crippen LogP contribution in [0.15, 0.2) is 0 Å². The van der Waals surface area contributed by atoms with E-state index >= 15 is 0 Å². The van der Waals surface area contributed by atoms with Crippen LogP contribution < -0.4 is 5.32 Å². The average Bonchev–Trinajstić information content (AvgIpc) is 2.76. The molecule has 0 atom stereocenters. The number of carboxylic acids is 1. The molecule has 2 amide bonds.